The van der Waals surface area contributed by atoms with Crippen molar-refractivity contribution in [1.29, 1.82) is 0 Å². The van der Waals surface area contributed by atoms with Crippen LogP contribution in [-0.2, 0) is 9.53 Å². The Morgan fingerprint density at radius 1 is 1.30 bits per heavy atom. The molecule has 0 radical (unpaired) electrons. The van der Waals surface area contributed by atoms with Crippen molar-refractivity contribution in [2.75, 3.05) is 0 Å². The summed E-state index contributed by atoms with van der Waals surface area (Å²) in [4.78, 5) is 12.2. The minimum absolute atomic E-state index is 0.00547. The molecular formula is C17H33NO2. The maximum atomic E-state index is 12.2. The molecule has 0 amide bonds. The van der Waals surface area contributed by atoms with Gasteiger partial charge in [-0.15, -0.1) is 0 Å². The van der Waals surface area contributed by atoms with Crippen molar-refractivity contribution in [3.63, 3.8) is 0 Å². The fourth-order valence-corrected chi connectivity index (χ4v) is 3.49. The molecule has 0 aromatic carbocycles. The van der Waals surface area contributed by atoms with Gasteiger partial charge in [0.05, 0.1) is 5.92 Å². The van der Waals surface area contributed by atoms with E-state index in [1.807, 2.05) is 13.8 Å². The van der Waals surface area contributed by atoms with Crippen LogP contribution in [0.3, 0.4) is 0 Å². The van der Waals surface area contributed by atoms with Crippen molar-refractivity contribution in [2.24, 2.45) is 23.0 Å². The van der Waals surface area contributed by atoms with Crippen LogP contribution in [-0.4, -0.2) is 18.1 Å². The molecule has 4 atom stereocenters. The van der Waals surface area contributed by atoms with Crippen LogP contribution < -0.4 is 5.73 Å². The van der Waals surface area contributed by atoms with Gasteiger partial charge in [0.25, 0.3) is 0 Å². The van der Waals surface area contributed by atoms with Crippen molar-refractivity contribution in [3.05, 3.63) is 0 Å². The van der Waals surface area contributed by atoms with E-state index >= 15 is 0 Å². The van der Waals surface area contributed by atoms with E-state index in [1.54, 1.807) is 0 Å². The third-order valence-corrected chi connectivity index (χ3v) is 4.33. The summed E-state index contributed by atoms with van der Waals surface area (Å²) in [5.74, 6) is 0.614. The molecule has 118 valence electrons. The van der Waals surface area contributed by atoms with Crippen molar-refractivity contribution in [2.45, 2.75) is 85.3 Å². The van der Waals surface area contributed by atoms with Crippen LogP contribution in [0.15, 0.2) is 0 Å². The minimum atomic E-state index is -0.0235. The number of rotatable bonds is 6. The molecule has 2 N–H and O–H groups in total. The smallest absolute Gasteiger partial charge is 0.308 e. The van der Waals surface area contributed by atoms with Crippen molar-refractivity contribution < 1.29 is 9.53 Å². The average Bonchev–Trinajstić information content (AvgIpc) is 2.25. The van der Waals surface area contributed by atoms with Crippen LogP contribution in [0.5, 0.6) is 0 Å². The molecule has 0 saturated heterocycles. The average molecular weight is 283 g/mol. The van der Waals surface area contributed by atoms with Gasteiger partial charge in [0.15, 0.2) is 0 Å². The van der Waals surface area contributed by atoms with Crippen LogP contribution in [0, 0.1) is 17.3 Å². The predicted molar refractivity (Wildman–Crippen MR) is 83.3 cm³/mol. The molecule has 0 spiro atoms. The largest absolute Gasteiger partial charge is 0.462 e. The number of carbonyl (C=O) groups is 1. The van der Waals surface area contributed by atoms with Crippen LogP contribution in [0.4, 0.5) is 0 Å². The van der Waals surface area contributed by atoms with E-state index in [4.69, 9.17) is 10.5 Å². The molecule has 3 nitrogen and oxygen atoms in total. The molecule has 4 unspecified atom stereocenters. The Balaban J connectivity index is 2.37. The van der Waals surface area contributed by atoms with E-state index in [0.29, 0.717) is 11.3 Å². The number of hydrogen-bond donors (Lipinski definition) is 1. The normalized spacial score (nSPS) is 28.7. The molecule has 3 heteroatoms. The summed E-state index contributed by atoms with van der Waals surface area (Å²) in [6.45, 7) is 10.8. The second kappa shape index (κ2) is 7.44. The lowest BCUT2D eigenvalue weighted by atomic mass is 9.71. The first-order valence-corrected chi connectivity index (χ1v) is 8.15. The number of ether oxygens (including phenoxy) is 1. The number of carbonyl (C=O) groups excluding carboxylic acids is 1. The summed E-state index contributed by atoms with van der Waals surface area (Å²) in [5.41, 5.74) is 6.03. The predicted octanol–water partition coefficient (Wildman–Crippen LogP) is 3.90. The number of hydrogen-bond acceptors (Lipinski definition) is 3. The SMILES string of the molecule is CC(N)CCCC(C)C(=O)OC1CC(C)CC(C)(C)C1. The Bertz CT molecular complexity index is 312. The highest BCUT2D eigenvalue weighted by Gasteiger charge is 2.34. The topological polar surface area (TPSA) is 52.3 Å². The van der Waals surface area contributed by atoms with Gasteiger partial charge in [-0.1, -0.05) is 34.1 Å². The van der Waals surface area contributed by atoms with Gasteiger partial charge in [-0.3, -0.25) is 4.79 Å². The molecule has 1 aliphatic rings. The Kier molecular flexibility index (Phi) is 6.50. The Labute approximate surface area is 124 Å². The van der Waals surface area contributed by atoms with Gasteiger partial charge in [0.2, 0.25) is 0 Å². The molecule has 0 bridgehead atoms. The van der Waals surface area contributed by atoms with Gasteiger partial charge in [0.1, 0.15) is 6.10 Å². The van der Waals surface area contributed by atoms with Crippen molar-refractivity contribution in [1.82, 2.24) is 0 Å². The summed E-state index contributed by atoms with van der Waals surface area (Å²) < 4.78 is 5.75. The van der Waals surface area contributed by atoms with Gasteiger partial charge in [-0.25, -0.2) is 0 Å². The first kappa shape index (κ1) is 17.5. The number of nitrogens with two attached hydrogens (primary N) is 1. The zero-order valence-electron chi connectivity index (χ0n) is 13.9. The lowest BCUT2D eigenvalue weighted by Crippen LogP contribution is -2.35. The maximum absolute atomic E-state index is 12.2. The summed E-state index contributed by atoms with van der Waals surface area (Å²) in [7, 11) is 0. The molecule has 1 saturated carbocycles. The van der Waals surface area contributed by atoms with Gasteiger partial charge in [0, 0.05) is 6.04 Å². The third-order valence-electron chi connectivity index (χ3n) is 4.33. The quantitative estimate of drug-likeness (QED) is 0.752. The monoisotopic (exact) mass is 283 g/mol. The van der Waals surface area contributed by atoms with E-state index in [9.17, 15) is 4.79 Å². The van der Waals surface area contributed by atoms with E-state index < -0.39 is 0 Å². The highest BCUT2D eigenvalue weighted by molar-refractivity contribution is 5.72. The maximum Gasteiger partial charge on any atom is 0.308 e. The van der Waals surface area contributed by atoms with Gasteiger partial charge in [-0.2, -0.15) is 0 Å². The first-order chi connectivity index (χ1) is 9.19. The second-order valence-corrected chi connectivity index (χ2v) is 7.78. The first-order valence-electron chi connectivity index (χ1n) is 8.15. The number of esters is 1. The molecule has 0 aromatic heterocycles. The van der Waals surface area contributed by atoms with E-state index in [2.05, 4.69) is 20.8 Å². The fraction of sp³-hybridized carbons (Fsp3) is 0.941. The summed E-state index contributed by atoms with van der Waals surface area (Å²) in [6, 6.07) is 0.221. The highest BCUT2D eigenvalue weighted by Crippen LogP contribution is 2.39. The Morgan fingerprint density at radius 2 is 1.95 bits per heavy atom. The van der Waals surface area contributed by atoms with Crippen LogP contribution in [0.1, 0.15) is 73.1 Å². The van der Waals surface area contributed by atoms with Crippen LogP contribution >= 0.6 is 0 Å². The summed E-state index contributed by atoms with van der Waals surface area (Å²) in [5, 5.41) is 0. The second-order valence-electron chi connectivity index (χ2n) is 7.78. The lowest BCUT2D eigenvalue weighted by Gasteiger charge is -2.38. The zero-order chi connectivity index (χ0) is 15.3. The molecule has 1 fully saturated rings. The van der Waals surface area contributed by atoms with Gasteiger partial charge in [-0.05, 0) is 50.4 Å². The van der Waals surface area contributed by atoms with E-state index in [1.165, 1.54) is 6.42 Å². The molecule has 1 rings (SSSR count). The highest BCUT2D eigenvalue weighted by atomic mass is 16.5. The molecule has 0 heterocycles. The molecular weight excluding hydrogens is 250 g/mol. The Morgan fingerprint density at radius 3 is 2.50 bits per heavy atom. The summed E-state index contributed by atoms with van der Waals surface area (Å²) in [6.07, 6.45) is 6.21. The fourth-order valence-electron chi connectivity index (χ4n) is 3.49. The summed E-state index contributed by atoms with van der Waals surface area (Å²) >= 11 is 0. The van der Waals surface area contributed by atoms with Crippen LogP contribution in [0.2, 0.25) is 0 Å². The minimum Gasteiger partial charge on any atom is -0.462 e. The van der Waals surface area contributed by atoms with Crippen molar-refractivity contribution in [3.8, 4) is 0 Å². The van der Waals surface area contributed by atoms with Gasteiger partial charge < -0.3 is 10.5 Å². The van der Waals surface area contributed by atoms with Gasteiger partial charge >= 0.3 is 5.97 Å². The lowest BCUT2D eigenvalue weighted by molar-refractivity contribution is -0.158. The van der Waals surface area contributed by atoms with Crippen LogP contribution in [0.25, 0.3) is 0 Å². The zero-order valence-corrected chi connectivity index (χ0v) is 13.9. The molecule has 20 heavy (non-hydrogen) atoms. The third kappa shape index (κ3) is 6.25. The Hall–Kier alpha value is -0.570. The van der Waals surface area contributed by atoms with Crippen molar-refractivity contribution >= 4 is 5.97 Å². The molecule has 1 aliphatic carbocycles. The van der Waals surface area contributed by atoms with E-state index in [-0.39, 0.29) is 24.0 Å². The van der Waals surface area contributed by atoms with E-state index in [0.717, 1.165) is 32.1 Å². The standard InChI is InChI=1S/C17H33NO2/c1-12-9-15(11-17(4,5)10-12)20-16(19)13(2)7-6-8-14(3)18/h12-15H,6-11,18H2,1-5H3. The molecule has 0 aliphatic heterocycles. The molecule has 0 aromatic rings.